The van der Waals surface area contributed by atoms with Gasteiger partial charge in [0.1, 0.15) is 11.0 Å². The molecule has 1 saturated heterocycles. The molecule has 246 valence electrons. The van der Waals surface area contributed by atoms with Crippen molar-refractivity contribution in [1.29, 1.82) is 0 Å². The molecule has 0 saturated carbocycles. The van der Waals surface area contributed by atoms with Crippen molar-refractivity contribution < 1.29 is 18.0 Å². The van der Waals surface area contributed by atoms with Gasteiger partial charge >= 0.3 is 6.18 Å². The van der Waals surface area contributed by atoms with Gasteiger partial charge < -0.3 is 15.1 Å². The van der Waals surface area contributed by atoms with Crippen LogP contribution < -0.4 is 15.1 Å². The summed E-state index contributed by atoms with van der Waals surface area (Å²) in [6.45, 7) is 2.24. The predicted molar refractivity (Wildman–Crippen MR) is 186 cm³/mol. The number of anilines is 2. The lowest BCUT2D eigenvalue weighted by atomic mass is 9.98. The lowest BCUT2D eigenvalue weighted by molar-refractivity contribution is -0.137. The number of carbonyl (C=O) groups excluding carboxylic acids is 1. The van der Waals surface area contributed by atoms with E-state index in [1.165, 1.54) is 23.9 Å². The third-order valence-electron chi connectivity index (χ3n) is 8.18. The monoisotopic (exact) mass is 687 g/mol. The average molecular weight is 688 g/mol. The molecule has 0 aliphatic carbocycles. The normalized spacial score (nSPS) is 14.1. The van der Waals surface area contributed by atoms with E-state index < -0.39 is 11.7 Å². The minimum absolute atomic E-state index is 0.144. The molecule has 1 aromatic heterocycles. The second-order valence-electron chi connectivity index (χ2n) is 11.5. The average Bonchev–Trinajstić information content (AvgIpc) is 3.11. The van der Waals surface area contributed by atoms with Gasteiger partial charge in [-0.25, -0.2) is 9.97 Å². The third kappa shape index (κ3) is 8.67. The second-order valence-corrected chi connectivity index (χ2v) is 12.8. The summed E-state index contributed by atoms with van der Waals surface area (Å²) in [6, 6.07) is 34.5. The van der Waals surface area contributed by atoms with Crippen LogP contribution in [0.4, 0.5) is 24.7 Å². The first-order valence-electron chi connectivity index (χ1n) is 15.5. The van der Waals surface area contributed by atoms with Gasteiger partial charge in [0.25, 0.3) is 5.91 Å². The van der Waals surface area contributed by atoms with Crippen molar-refractivity contribution in [3.05, 3.63) is 148 Å². The van der Waals surface area contributed by atoms with E-state index in [2.05, 4.69) is 27.3 Å². The van der Waals surface area contributed by atoms with Crippen molar-refractivity contribution in [2.24, 2.45) is 0 Å². The molecule has 48 heavy (non-hydrogen) atoms. The first-order valence-corrected chi connectivity index (χ1v) is 16.9. The van der Waals surface area contributed by atoms with E-state index in [1.807, 2.05) is 77.7 Å². The number of thioether (sulfide) groups is 1. The molecule has 1 aliphatic rings. The number of hydrogen-bond acceptors (Lipinski definition) is 6. The number of benzene rings is 4. The van der Waals surface area contributed by atoms with Gasteiger partial charge in [0.15, 0.2) is 5.16 Å². The van der Waals surface area contributed by atoms with E-state index in [9.17, 15) is 18.0 Å². The van der Waals surface area contributed by atoms with Gasteiger partial charge in [0, 0.05) is 49.2 Å². The van der Waals surface area contributed by atoms with Crippen molar-refractivity contribution in [1.82, 2.24) is 15.3 Å². The van der Waals surface area contributed by atoms with Gasteiger partial charge in [-0.1, -0.05) is 102 Å². The zero-order valence-electron chi connectivity index (χ0n) is 25.9. The third-order valence-corrected chi connectivity index (χ3v) is 9.29. The Labute approximate surface area is 287 Å². The van der Waals surface area contributed by atoms with Crippen LogP contribution in [-0.2, 0) is 18.3 Å². The molecule has 5 aromatic rings. The summed E-state index contributed by atoms with van der Waals surface area (Å²) in [5, 5.41) is 4.05. The van der Waals surface area contributed by atoms with Crippen molar-refractivity contribution >= 4 is 40.8 Å². The van der Waals surface area contributed by atoms with Gasteiger partial charge in [0.05, 0.1) is 11.6 Å². The summed E-state index contributed by atoms with van der Waals surface area (Å²) in [5.41, 5.74) is 3.65. The number of amides is 1. The fraction of sp³-hybridized carbons (Fsp3) is 0.216. The van der Waals surface area contributed by atoms with Crippen LogP contribution in [0.25, 0.3) is 0 Å². The van der Waals surface area contributed by atoms with E-state index in [0.29, 0.717) is 65.7 Å². The summed E-state index contributed by atoms with van der Waals surface area (Å²) in [6.07, 6.45) is -3.70. The van der Waals surface area contributed by atoms with Crippen molar-refractivity contribution in [2.75, 3.05) is 36.0 Å². The van der Waals surface area contributed by atoms with Crippen LogP contribution in [0.15, 0.2) is 120 Å². The fourth-order valence-corrected chi connectivity index (χ4v) is 6.65. The predicted octanol–water partition coefficient (Wildman–Crippen LogP) is 8.48. The lowest BCUT2D eigenvalue weighted by Gasteiger charge is -2.37. The minimum Gasteiger partial charge on any atom is -0.368 e. The van der Waals surface area contributed by atoms with E-state index in [0.717, 1.165) is 22.8 Å². The quantitative estimate of drug-likeness (QED) is 0.0903. The zero-order valence-corrected chi connectivity index (χ0v) is 27.5. The van der Waals surface area contributed by atoms with Gasteiger partial charge in [-0.2, -0.15) is 13.2 Å². The first-order chi connectivity index (χ1) is 23.2. The molecule has 1 N–H and O–H groups in total. The molecular formula is C37H33ClF3N5OS. The highest BCUT2D eigenvalue weighted by atomic mass is 35.5. The number of nitrogens with one attached hydrogen (secondary N) is 1. The molecule has 1 atom stereocenters. The molecule has 1 amide bonds. The number of halogens is 4. The number of carbonyl (C=O) groups is 1. The smallest absolute Gasteiger partial charge is 0.368 e. The van der Waals surface area contributed by atoms with Crippen molar-refractivity contribution in [3.8, 4) is 0 Å². The fourth-order valence-electron chi connectivity index (χ4n) is 5.61. The number of piperazine rings is 1. The molecule has 0 spiro atoms. The van der Waals surface area contributed by atoms with Crippen LogP contribution >= 0.6 is 23.4 Å². The van der Waals surface area contributed by atoms with E-state index >= 15 is 0 Å². The molecule has 0 bridgehead atoms. The van der Waals surface area contributed by atoms with Gasteiger partial charge in [0.2, 0.25) is 0 Å². The summed E-state index contributed by atoms with van der Waals surface area (Å²) < 4.78 is 39.6. The zero-order chi connectivity index (χ0) is 33.5. The Hall–Kier alpha value is -4.54. The van der Waals surface area contributed by atoms with Crippen LogP contribution in [-0.4, -0.2) is 42.1 Å². The Morgan fingerprint density at radius 1 is 0.792 bits per heavy atom. The number of nitrogens with zero attached hydrogens (tertiary/aromatic N) is 4. The Morgan fingerprint density at radius 3 is 2.15 bits per heavy atom. The Bertz CT molecular complexity index is 1820. The number of hydrogen-bond donors (Lipinski definition) is 1. The highest BCUT2D eigenvalue weighted by Gasteiger charge is 2.31. The Morgan fingerprint density at radius 2 is 1.46 bits per heavy atom. The van der Waals surface area contributed by atoms with Crippen LogP contribution in [0, 0.1) is 0 Å². The van der Waals surface area contributed by atoms with Crippen LogP contribution in [0.3, 0.4) is 0 Å². The van der Waals surface area contributed by atoms with Crippen LogP contribution in [0.2, 0.25) is 5.15 Å². The SMILES string of the molecule is O=C(NC(Cc1ccccc1)c1ccccc1)c1ccc(CSc2nc(Cl)cc(N3CCN(c4cccc(C(F)(F)F)c4)CC3)n2)cc1. The highest BCUT2D eigenvalue weighted by molar-refractivity contribution is 7.98. The van der Waals surface area contributed by atoms with Gasteiger partial charge in [-0.15, -0.1) is 0 Å². The van der Waals surface area contributed by atoms with E-state index in [4.69, 9.17) is 16.6 Å². The standard InChI is InChI=1S/C37H33ClF3N5OS/c38-33-24-34(46-20-18-45(19-21-46)31-13-7-12-30(23-31)37(39,40)41)44-36(43-33)48-25-27-14-16-29(17-15-27)35(47)42-32(28-10-5-2-6-11-28)22-26-8-3-1-4-9-26/h1-17,23-24,32H,18-22,25H2,(H,42,47). The summed E-state index contributed by atoms with van der Waals surface area (Å²) in [5.74, 6) is 1.11. The molecule has 11 heteroatoms. The van der Waals surface area contributed by atoms with E-state index in [1.54, 1.807) is 12.1 Å². The number of rotatable bonds is 10. The van der Waals surface area contributed by atoms with Crippen molar-refractivity contribution in [2.45, 2.75) is 29.5 Å². The summed E-state index contributed by atoms with van der Waals surface area (Å²) in [4.78, 5) is 26.4. The number of aromatic nitrogens is 2. The largest absolute Gasteiger partial charge is 0.416 e. The highest BCUT2D eigenvalue weighted by Crippen LogP contribution is 2.32. The molecule has 1 fully saturated rings. The molecule has 6 rings (SSSR count). The Kier molecular flexibility index (Phi) is 10.5. The van der Waals surface area contributed by atoms with Gasteiger partial charge in [-0.3, -0.25) is 4.79 Å². The maximum atomic E-state index is 13.3. The van der Waals surface area contributed by atoms with E-state index in [-0.39, 0.29) is 11.9 Å². The number of alkyl halides is 3. The topological polar surface area (TPSA) is 61.4 Å². The van der Waals surface area contributed by atoms with Crippen molar-refractivity contribution in [3.63, 3.8) is 0 Å². The maximum Gasteiger partial charge on any atom is 0.416 e. The first kappa shape index (κ1) is 33.4. The minimum atomic E-state index is -4.38. The Balaban J connectivity index is 1.05. The second kappa shape index (κ2) is 15.1. The van der Waals surface area contributed by atoms with Crippen LogP contribution in [0.1, 0.15) is 38.7 Å². The molecule has 2 heterocycles. The lowest BCUT2D eigenvalue weighted by Crippen LogP contribution is -2.47. The summed E-state index contributed by atoms with van der Waals surface area (Å²) >= 11 is 7.82. The molecule has 1 aliphatic heterocycles. The van der Waals surface area contributed by atoms with Gasteiger partial charge in [-0.05, 0) is 53.4 Å². The molecule has 1 unspecified atom stereocenters. The summed E-state index contributed by atoms with van der Waals surface area (Å²) in [7, 11) is 0. The van der Waals surface area contributed by atoms with Crippen LogP contribution in [0.5, 0.6) is 0 Å². The molecule has 0 radical (unpaired) electrons. The maximum absolute atomic E-state index is 13.3. The molecule has 6 nitrogen and oxygen atoms in total. The molecular weight excluding hydrogens is 655 g/mol. The molecule has 4 aromatic carbocycles.